The molecule has 36 heavy (non-hydrogen) atoms. The van der Waals surface area contributed by atoms with Gasteiger partial charge in [0.05, 0.1) is 11.6 Å². The zero-order chi connectivity index (χ0) is 26.1. The van der Waals surface area contributed by atoms with E-state index in [4.69, 9.17) is 5.73 Å². The molecule has 0 spiro atoms. The molecule has 2 unspecified atom stereocenters. The number of hydrogen-bond acceptors (Lipinski definition) is 8. The minimum atomic E-state index is -2.64. The van der Waals surface area contributed by atoms with Crippen molar-refractivity contribution in [1.29, 1.82) is 0 Å². The zero-order valence-electron chi connectivity index (χ0n) is 19.7. The number of ketones is 2. The Morgan fingerprint density at radius 2 is 1.72 bits per heavy atom. The summed E-state index contributed by atoms with van der Waals surface area (Å²) in [5, 5.41) is 44.4. The number of rotatable bonds is 3. The number of aliphatic hydroxyl groups is 3. The largest absolute Gasteiger partial charge is 0.508 e. The number of fused-ring (bicyclic) bond motifs is 3. The van der Waals surface area contributed by atoms with Crippen LogP contribution in [0.5, 0.6) is 5.75 Å². The van der Waals surface area contributed by atoms with Crippen LogP contribution < -0.4 is 5.73 Å². The molecule has 4 atom stereocenters. The van der Waals surface area contributed by atoms with E-state index in [2.05, 4.69) is 0 Å². The molecule has 0 saturated heterocycles. The lowest BCUT2D eigenvalue weighted by Crippen LogP contribution is -2.65. The number of benzene rings is 2. The Hall–Kier alpha value is -3.95. The fourth-order valence-corrected chi connectivity index (χ4v) is 6.13. The number of carbonyl (C=O) groups is 3. The lowest BCUT2D eigenvalue weighted by Gasteiger charge is -2.50. The van der Waals surface area contributed by atoms with Crippen LogP contribution in [0.3, 0.4) is 0 Å². The third-order valence-electron chi connectivity index (χ3n) is 7.69. The summed E-state index contributed by atoms with van der Waals surface area (Å²) in [4.78, 5) is 40.5. The molecule has 1 saturated carbocycles. The number of amides is 1. The molecule has 5 rings (SSSR count). The number of hydrogen-bond donors (Lipinski definition) is 5. The number of nitrogens with zero attached hydrogens (tertiary/aromatic N) is 1. The molecular weight excluding hydrogens is 464 g/mol. The zero-order valence-corrected chi connectivity index (χ0v) is 19.7. The van der Waals surface area contributed by atoms with Gasteiger partial charge < -0.3 is 26.2 Å². The van der Waals surface area contributed by atoms with Crippen LogP contribution in [0.1, 0.15) is 17.5 Å². The van der Waals surface area contributed by atoms with Gasteiger partial charge in [0.1, 0.15) is 22.8 Å². The number of primary amides is 1. The highest BCUT2D eigenvalue weighted by atomic mass is 16.3. The van der Waals surface area contributed by atoms with Gasteiger partial charge in [0.2, 0.25) is 5.78 Å². The molecule has 0 aromatic heterocycles. The highest BCUT2D eigenvalue weighted by Gasteiger charge is 2.64. The van der Waals surface area contributed by atoms with E-state index in [1.807, 2.05) is 30.3 Å². The smallest absolute Gasteiger partial charge is 0.255 e. The molecule has 1 amide bonds. The summed E-state index contributed by atoms with van der Waals surface area (Å²) in [6.45, 7) is 0. The molecule has 2 aromatic carbocycles. The summed E-state index contributed by atoms with van der Waals surface area (Å²) in [6.07, 6.45) is 0.294. The van der Waals surface area contributed by atoms with Gasteiger partial charge in [-0.2, -0.15) is 0 Å². The molecule has 6 N–H and O–H groups in total. The fraction of sp³-hybridized carbons (Fsp3) is 0.296. The second-order valence-corrected chi connectivity index (χ2v) is 9.81. The van der Waals surface area contributed by atoms with E-state index in [1.165, 1.54) is 11.0 Å². The molecule has 0 radical (unpaired) electrons. The molecule has 0 bridgehead atoms. The number of likely N-dealkylation sites (N-methyl/N-ethyl adjacent to an activating group) is 1. The Bertz CT molecular complexity index is 1390. The van der Waals surface area contributed by atoms with Crippen molar-refractivity contribution in [2.45, 2.75) is 24.5 Å². The van der Waals surface area contributed by atoms with E-state index in [0.717, 1.165) is 11.1 Å². The van der Waals surface area contributed by atoms with Gasteiger partial charge in [-0.25, -0.2) is 0 Å². The Labute approximate surface area is 206 Å². The van der Waals surface area contributed by atoms with Crippen molar-refractivity contribution < 1.29 is 34.8 Å². The predicted molar refractivity (Wildman–Crippen MR) is 130 cm³/mol. The number of aliphatic hydroxyl groups excluding tert-OH is 2. The average molecular weight is 491 g/mol. The number of Topliss-reactive ketones (excluding diaryl/α,β-unsaturated/α-hetero) is 2. The summed E-state index contributed by atoms with van der Waals surface area (Å²) in [7, 11) is 3.14. The Kier molecular flexibility index (Phi) is 5.31. The van der Waals surface area contributed by atoms with Gasteiger partial charge >= 0.3 is 0 Å². The number of phenolic OH excluding ortho intramolecular Hbond substituents is 1. The highest BCUT2D eigenvalue weighted by molar-refractivity contribution is 6.24. The van der Waals surface area contributed by atoms with Crippen LogP contribution in [0.25, 0.3) is 16.9 Å². The number of nitrogens with two attached hydrogens (primary N) is 1. The Morgan fingerprint density at radius 1 is 1.06 bits per heavy atom. The van der Waals surface area contributed by atoms with Gasteiger partial charge in [0.15, 0.2) is 11.4 Å². The van der Waals surface area contributed by atoms with E-state index >= 15 is 0 Å². The van der Waals surface area contributed by atoms with Crippen LogP contribution in [-0.4, -0.2) is 68.5 Å². The van der Waals surface area contributed by atoms with Crippen molar-refractivity contribution in [2.75, 3.05) is 14.1 Å². The maximum absolute atomic E-state index is 13.8. The Balaban J connectivity index is 1.75. The molecule has 2 aromatic rings. The molecular formula is C27H26N2O7. The monoisotopic (exact) mass is 490 g/mol. The normalized spacial score (nSPS) is 27.6. The first-order valence-corrected chi connectivity index (χ1v) is 11.5. The van der Waals surface area contributed by atoms with Crippen LogP contribution in [-0.2, 0) is 20.8 Å². The van der Waals surface area contributed by atoms with E-state index in [0.29, 0.717) is 5.56 Å². The molecule has 0 aliphatic heterocycles. The molecule has 186 valence electrons. The Morgan fingerprint density at radius 3 is 2.33 bits per heavy atom. The highest BCUT2D eigenvalue weighted by Crippen LogP contribution is 2.53. The van der Waals surface area contributed by atoms with E-state index in [9.17, 15) is 34.8 Å². The number of carbonyl (C=O) groups excluding carboxylic acids is 3. The standard InChI is InChI=1S/C27H26N2O7/c1-29(2)21-16-11-13-10-15-14(12-6-4-3-5-7-12)8-9-17(30)19(15)22(31)18(13)24(33)27(16,36)25(34)20(23(21)32)26(28)35/h3-9,13,16,21,30-31,34,36H,10-11H2,1-2H3,(H2,28,35)/t13?,16?,21-,27-/m0/s1. The summed E-state index contributed by atoms with van der Waals surface area (Å²) in [5.74, 6) is -6.61. The predicted octanol–water partition coefficient (Wildman–Crippen LogP) is 1.63. The van der Waals surface area contributed by atoms with E-state index in [-0.39, 0.29) is 29.7 Å². The quantitative estimate of drug-likeness (QED) is 0.406. The second-order valence-electron chi connectivity index (χ2n) is 9.81. The third-order valence-corrected chi connectivity index (χ3v) is 7.69. The summed E-state index contributed by atoms with van der Waals surface area (Å²) < 4.78 is 0. The van der Waals surface area contributed by atoms with Crippen molar-refractivity contribution in [2.24, 2.45) is 17.6 Å². The van der Waals surface area contributed by atoms with Gasteiger partial charge in [0, 0.05) is 11.5 Å². The maximum atomic E-state index is 13.8. The van der Waals surface area contributed by atoms with Gasteiger partial charge in [-0.1, -0.05) is 36.4 Å². The topological polar surface area (TPSA) is 161 Å². The fourth-order valence-electron chi connectivity index (χ4n) is 6.13. The molecule has 9 heteroatoms. The molecule has 1 fully saturated rings. The van der Waals surface area contributed by atoms with Crippen molar-refractivity contribution >= 4 is 23.2 Å². The van der Waals surface area contributed by atoms with Crippen LogP contribution >= 0.6 is 0 Å². The first kappa shape index (κ1) is 23.8. The van der Waals surface area contributed by atoms with Crippen molar-refractivity contribution in [3.8, 4) is 16.9 Å². The van der Waals surface area contributed by atoms with Crippen molar-refractivity contribution in [3.63, 3.8) is 0 Å². The maximum Gasteiger partial charge on any atom is 0.255 e. The summed E-state index contributed by atoms with van der Waals surface area (Å²) in [6, 6.07) is 11.4. The molecule has 9 nitrogen and oxygen atoms in total. The SMILES string of the molecule is CN(C)[C@@H]1C(=O)C(C(N)=O)=C(O)[C@@]2(O)C(=O)C3=C(O)c4c(O)ccc(-c5ccccc5)c4CC3CC12. The van der Waals surface area contributed by atoms with Crippen LogP contribution in [0.2, 0.25) is 0 Å². The molecule has 3 aliphatic carbocycles. The van der Waals surface area contributed by atoms with Crippen molar-refractivity contribution in [3.05, 3.63) is 70.5 Å². The molecule has 3 aliphatic rings. The minimum absolute atomic E-state index is 0.0512. The molecule has 0 heterocycles. The van der Waals surface area contributed by atoms with Gasteiger partial charge in [-0.3, -0.25) is 19.3 Å². The van der Waals surface area contributed by atoms with Crippen LogP contribution in [0, 0.1) is 11.8 Å². The second kappa shape index (κ2) is 8.04. The van der Waals surface area contributed by atoms with Gasteiger partial charge in [-0.15, -0.1) is 0 Å². The van der Waals surface area contributed by atoms with E-state index < -0.39 is 58.0 Å². The number of phenols is 1. The van der Waals surface area contributed by atoms with E-state index in [1.54, 1.807) is 20.2 Å². The van der Waals surface area contributed by atoms with Crippen molar-refractivity contribution in [1.82, 2.24) is 4.90 Å². The first-order valence-electron chi connectivity index (χ1n) is 11.5. The third kappa shape index (κ3) is 3.06. The summed E-state index contributed by atoms with van der Waals surface area (Å²) >= 11 is 0. The minimum Gasteiger partial charge on any atom is -0.508 e. The lowest BCUT2D eigenvalue weighted by atomic mass is 9.57. The lowest BCUT2D eigenvalue weighted by molar-refractivity contribution is -0.153. The number of aromatic hydroxyl groups is 1. The summed E-state index contributed by atoms with van der Waals surface area (Å²) in [5.41, 5.74) is 4.04. The van der Waals surface area contributed by atoms with Crippen LogP contribution in [0.15, 0.2) is 59.4 Å². The van der Waals surface area contributed by atoms with Gasteiger partial charge in [-0.05, 0) is 55.6 Å². The average Bonchev–Trinajstić information content (AvgIpc) is 2.81. The first-order chi connectivity index (χ1) is 17.0. The van der Waals surface area contributed by atoms with Crippen LogP contribution in [0.4, 0.5) is 0 Å². The van der Waals surface area contributed by atoms with Gasteiger partial charge in [0.25, 0.3) is 5.91 Å².